The van der Waals surface area contributed by atoms with Crippen molar-refractivity contribution in [1.82, 2.24) is 5.32 Å². The van der Waals surface area contributed by atoms with Gasteiger partial charge in [0.05, 0.1) is 18.3 Å². The minimum absolute atomic E-state index is 0.254. The molecule has 0 aromatic carbocycles. The van der Waals surface area contributed by atoms with E-state index in [1.54, 1.807) is 0 Å². The van der Waals surface area contributed by atoms with Gasteiger partial charge in [0, 0.05) is 12.6 Å². The minimum Gasteiger partial charge on any atom is -0.374 e. The lowest BCUT2D eigenvalue weighted by Gasteiger charge is -2.44. The van der Waals surface area contributed by atoms with Crippen molar-refractivity contribution >= 4 is 0 Å². The van der Waals surface area contributed by atoms with Gasteiger partial charge in [-0.15, -0.1) is 0 Å². The fourth-order valence-corrected chi connectivity index (χ4v) is 2.25. The van der Waals surface area contributed by atoms with Gasteiger partial charge >= 0.3 is 0 Å². The molecule has 1 aliphatic carbocycles. The number of likely N-dealkylation sites (N-methyl/N-ethyl adjacent to an activating group) is 1. The van der Waals surface area contributed by atoms with E-state index in [0.717, 1.165) is 25.9 Å². The Morgan fingerprint density at radius 2 is 2.06 bits per heavy atom. The van der Waals surface area contributed by atoms with Crippen LogP contribution in [0, 0.1) is 0 Å². The fraction of sp³-hybridized carbons (Fsp3) is 1.00. The van der Waals surface area contributed by atoms with Crippen LogP contribution >= 0.6 is 0 Å². The molecule has 0 aromatic rings. The van der Waals surface area contributed by atoms with Crippen LogP contribution < -0.4 is 5.32 Å². The van der Waals surface area contributed by atoms with E-state index in [1.807, 2.05) is 7.05 Å². The van der Waals surface area contributed by atoms with Crippen LogP contribution in [0.1, 0.15) is 46.5 Å². The second-order valence-electron chi connectivity index (χ2n) is 4.74. The first kappa shape index (κ1) is 13.9. The van der Waals surface area contributed by atoms with Crippen LogP contribution in [-0.2, 0) is 9.47 Å². The van der Waals surface area contributed by atoms with E-state index in [0.29, 0.717) is 18.2 Å². The predicted octanol–water partition coefficient (Wildman–Crippen LogP) is 2.35. The van der Waals surface area contributed by atoms with E-state index in [4.69, 9.17) is 9.47 Å². The Kier molecular flexibility index (Phi) is 6.32. The van der Waals surface area contributed by atoms with Crippen LogP contribution in [0.15, 0.2) is 0 Å². The van der Waals surface area contributed by atoms with Gasteiger partial charge in [0.1, 0.15) is 0 Å². The molecule has 1 fully saturated rings. The molecule has 0 aliphatic heterocycles. The summed E-state index contributed by atoms with van der Waals surface area (Å²) in [5.41, 5.74) is 0. The maximum absolute atomic E-state index is 6.00. The average molecular weight is 229 g/mol. The lowest BCUT2D eigenvalue weighted by Crippen LogP contribution is -2.59. The van der Waals surface area contributed by atoms with Crippen molar-refractivity contribution in [2.24, 2.45) is 0 Å². The first-order valence-electron chi connectivity index (χ1n) is 6.67. The molecule has 96 valence electrons. The SMILES string of the molecule is CCCOC1C(NC)CC1OC(C)CCC. The third-order valence-corrected chi connectivity index (χ3v) is 3.24. The third-order valence-electron chi connectivity index (χ3n) is 3.24. The van der Waals surface area contributed by atoms with Crippen LogP contribution in [0.4, 0.5) is 0 Å². The second-order valence-corrected chi connectivity index (χ2v) is 4.74. The molecule has 1 N–H and O–H groups in total. The Balaban J connectivity index is 2.30. The molecule has 1 aliphatic rings. The highest BCUT2D eigenvalue weighted by molar-refractivity contribution is 4.97. The molecule has 0 amide bonds. The number of hydrogen-bond acceptors (Lipinski definition) is 3. The lowest BCUT2D eigenvalue weighted by atomic mass is 9.85. The minimum atomic E-state index is 0.254. The van der Waals surface area contributed by atoms with Gasteiger partial charge in [-0.3, -0.25) is 0 Å². The van der Waals surface area contributed by atoms with Crippen LogP contribution in [0.3, 0.4) is 0 Å². The summed E-state index contributed by atoms with van der Waals surface area (Å²) in [6.45, 7) is 7.34. The molecule has 0 radical (unpaired) electrons. The smallest absolute Gasteiger partial charge is 0.0990 e. The van der Waals surface area contributed by atoms with Crippen molar-refractivity contribution in [3.05, 3.63) is 0 Å². The number of hydrogen-bond donors (Lipinski definition) is 1. The Morgan fingerprint density at radius 1 is 1.31 bits per heavy atom. The molecular weight excluding hydrogens is 202 g/mol. The summed E-state index contributed by atoms with van der Waals surface area (Å²) in [5.74, 6) is 0. The number of ether oxygens (including phenoxy) is 2. The molecule has 1 saturated carbocycles. The van der Waals surface area contributed by atoms with Crippen molar-refractivity contribution < 1.29 is 9.47 Å². The predicted molar refractivity (Wildman–Crippen MR) is 66.7 cm³/mol. The highest BCUT2D eigenvalue weighted by atomic mass is 16.6. The largest absolute Gasteiger partial charge is 0.374 e. The Bertz CT molecular complexity index is 187. The molecule has 3 heteroatoms. The topological polar surface area (TPSA) is 30.5 Å². The van der Waals surface area contributed by atoms with E-state index in [1.165, 1.54) is 6.42 Å². The summed E-state index contributed by atoms with van der Waals surface area (Å²) >= 11 is 0. The molecule has 0 heterocycles. The maximum atomic E-state index is 6.00. The zero-order valence-electron chi connectivity index (χ0n) is 11.2. The lowest BCUT2D eigenvalue weighted by molar-refractivity contribution is -0.164. The average Bonchev–Trinajstić information content (AvgIpc) is 2.24. The van der Waals surface area contributed by atoms with Gasteiger partial charge < -0.3 is 14.8 Å². The van der Waals surface area contributed by atoms with Crippen LogP contribution in [0.5, 0.6) is 0 Å². The van der Waals surface area contributed by atoms with Gasteiger partial charge in [-0.2, -0.15) is 0 Å². The fourth-order valence-electron chi connectivity index (χ4n) is 2.25. The summed E-state index contributed by atoms with van der Waals surface area (Å²) in [6.07, 6.45) is 5.39. The standard InChI is InChI=1S/C13H27NO2/c1-5-7-10(3)16-12-9-11(14-4)13(12)15-8-6-2/h10-14H,5-9H2,1-4H3. The molecule has 1 rings (SSSR count). The normalized spacial score (nSPS) is 31.1. The van der Waals surface area contributed by atoms with Crippen molar-refractivity contribution in [2.45, 2.75) is 70.8 Å². The zero-order valence-corrected chi connectivity index (χ0v) is 11.2. The van der Waals surface area contributed by atoms with Gasteiger partial charge in [0.15, 0.2) is 0 Å². The second kappa shape index (κ2) is 7.25. The highest BCUT2D eigenvalue weighted by Crippen LogP contribution is 2.29. The van der Waals surface area contributed by atoms with Gasteiger partial charge in [-0.1, -0.05) is 20.3 Å². The monoisotopic (exact) mass is 229 g/mol. The Labute approximate surface area is 99.9 Å². The summed E-state index contributed by atoms with van der Waals surface area (Å²) in [6, 6.07) is 0.477. The van der Waals surface area contributed by atoms with Crippen molar-refractivity contribution in [2.75, 3.05) is 13.7 Å². The number of rotatable bonds is 8. The molecule has 4 unspecified atom stereocenters. The molecular formula is C13H27NO2. The molecule has 0 bridgehead atoms. The quantitative estimate of drug-likeness (QED) is 0.693. The van der Waals surface area contributed by atoms with Crippen molar-refractivity contribution in [3.8, 4) is 0 Å². The van der Waals surface area contributed by atoms with E-state index in [9.17, 15) is 0 Å². The van der Waals surface area contributed by atoms with Gasteiger partial charge in [-0.05, 0) is 33.2 Å². The number of nitrogens with one attached hydrogen (secondary N) is 1. The van der Waals surface area contributed by atoms with Gasteiger partial charge in [0.25, 0.3) is 0 Å². The van der Waals surface area contributed by atoms with Crippen molar-refractivity contribution in [1.29, 1.82) is 0 Å². The summed E-state index contributed by atoms with van der Waals surface area (Å²) in [5, 5.41) is 3.29. The maximum Gasteiger partial charge on any atom is 0.0990 e. The van der Waals surface area contributed by atoms with Crippen molar-refractivity contribution in [3.63, 3.8) is 0 Å². The third kappa shape index (κ3) is 3.72. The summed E-state index contributed by atoms with van der Waals surface area (Å²) in [7, 11) is 2.00. The summed E-state index contributed by atoms with van der Waals surface area (Å²) < 4.78 is 11.8. The van der Waals surface area contributed by atoms with Gasteiger partial charge in [-0.25, -0.2) is 0 Å². The zero-order chi connectivity index (χ0) is 12.0. The van der Waals surface area contributed by atoms with E-state index in [-0.39, 0.29) is 6.10 Å². The molecule has 16 heavy (non-hydrogen) atoms. The molecule has 0 spiro atoms. The Hall–Kier alpha value is -0.120. The van der Waals surface area contributed by atoms with Crippen LogP contribution in [0.25, 0.3) is 0 Å². The Morgan fingerprint density at radius 3 is 2.62 bits per heavy atom. The van der Waals surface area contributed by atoms with E-state index < -0.39 is 0 Å². The van der Waals surface area contributed by atoms with E-state index >= 15 is 0 Å². The molecule has 3 nitrogen and oxygen atoms in total. The molecule has 4 atom stereocenters. The van der Waals surface area contributed by atoms with Gasteiger partial charge in [0.2, 0.25) is 0 Å². The summed E-state index contributed by atoms with van der Waals surface area (Å²) in [4.78, 5) is 0. The molecule has 0 saturated heterocycles. The van der Waals surface area contributed by atoms with Crippen LogP contribution in [0.2, 0.25) is 0 Å². The first-order chi connectivity index (χ1) is 7.72. The van der Waals surface area contributed by atoms with Crippen LogP contribution in [-0.4, -0.2) is 38.0 Å². The first-order valence-corrected chi connectivity index (χ1v) is 6.67. The molecule has 0 aromatic heterocycles. The van der Waals surface area contributed by atoms with E-state index in [2.05, 4.69) is 26.1 Å². The highest BCUT2D eigenvalue weighted by Gasteiger charge is 2.42.